The fourth-order valence-corrected chi connectivity index (χ4v) is 1.57. The fourth-order valence-electron chi connectivity index (χ4n) is 1.57. The number of hydrogen-bond donors (Lipinski definition) is 1. The van der Waals surface area contributed by atoms with Crippen molar-refractivity contribution in [3.8, 4) is 6.07 Å². The summed E-state index contributed by atoms with van der Waals surface area (Å²) in [6.07, 6.45) is 0.867. The molecule has 0 atom stereocenters. The summed E-state index contributed by atoms with van der Waals surface area (Å²) in [4.78, 5) is 0. The van der Waals surface area contributed by atoms with E-state index in [9.17, 15) is 0 Å². The van der Waals surface area contributed by atoms with Crippen LogP contribution in [0.4, 0.5) is 5.69 Å². The third-order valence-electron chi connectivity index (χ3n) is 2.47. The van der Waals surface area contributed by atoms with Crippen molar-refractivity contribution < 1.29 is 0 Å². The van der Waals surface area contributed by atoms with Crippen LogP contribution in [-0.2, 0) is 6.42 Å². The molecule has 0 aliphatic rings. The first-order valence-corrected chi connectivity index (χ1v) is 5.11. The second-order valence-corrected chi connectivity index (χ2v) is 3.73. The second kappa shape index (κ2) is 4.50. The minimum atomic E-state index is 0.695. The van der Waals surface area contributed by atoms with Crippen molar-refractivity contribution in [3.63, 3.8) is 0 Å². The quantitative estimate of drug-likeness (QED) is 0.771. The Hall–Kier alpha value is -2.27. The lowest BCUT2D eigenvalue weighted by Gasteiger charge is -2.02. The van der Waals surface area contributed by atoms with Gasteiger partial charge in [0.25, 0.3) is 0 Å². The van der Waals surface area contributed by atoms with E-state index in [1.54, 1.807) is 0 Å². The normalized spacial score (nSPS) is 9.69. The van der Waals surface area contributed by atoms with Gasteiger partial charge in [-0.15, -0.1) is 0 Å². The molecule has 0 aliphatic heterocycles. The number of nitrogens with zero attached hydrogens (tertiary/aromatic N) is 1. The van der Waals surface area contributed by atoms with Gasteiger partial charge in [0, 0.05) is 5.69 Å². The van der Waals surface area contributed by atoms with Crippen molar-refractivity contribution in [3.05, 3.63) is 65.2 Å². The lowest BCUT2D eigenvalue weighted by molar-refractivity contribution is 1.19. The molecule has 0 heterocycles. The van der Waals surface area contributed by atoms with Crippen LogP contribution in [0.3, 0.4) is 0 Å². The molecule has 2 heteroatoms. The molecule has 0 saturated heterocycles. The maximum absolute atomic E-state index is 8.68. The molecule has 0 unspecified atom stereocenters. The van der Waals surface area contributed by atoms with Crippen LogP contribution in [0.25, 0.3) is 0 Å². The molecular weight excluding hydrogens is 196 g/mol. The Bertz CT molecular complexity index is 504. The van der Waals surface area contributed by atoms with Crippen molar-refractivity contribution >= 4 is 5.69 Å². The highest BCUT2D eigenvalue weighted by Gasteiger charge is 1.96. The molecule has 16 heavy (non-hydrogen) atoms. The Morgan fingerprint density at radius 3 is 1.88 bits per heavy atom. The first-order chi connectivity index (χ1) is 7.78. The fraction of sp³-hybridized carbons (Fsp3) is 0.0714. The number of nitrogen functional groups attached to an aromatic ring is 1. The number of anilines is 1. The average Bonchev–Trinajstić information content (AvgIpc) is 2.33. The van der Waals surface area contributed by atoms with E-state index in [0.717, 1.165) is 12.1 Å². The van der Waals surface area contributed by atoms with Gasteiger partial charge in [-0.25, -0.2) is 0 Å². The maximum atomic E-state index is 8.68. The van der Waals surface area contributed by atoms with E-state index in [1.807, 2.05) is 48.5 Å². The van der Waals surface area contributed by atoms with Gasteiger partial charge in [0.15, 0.2) is 0 Å². The number of hydrogen-bond acceptors (Lipinski definition) is 2. The van der Waals surface area contributed by atoms with Crippen LogP contribution in [-0.4, -0.2) is 0 Å². The summed E-state index contributed by atoms with van der Waals surface area (Å²) in [5.74, 6) is 0. The first-order valence-electron chi connectivity index (χ1n) is 5.11. The number of nitriles is 1. The third-order valence-corrected chi connectivity index (χ3v) is 2.47. The zero-order chi connectivity index (χ0) is 11.4. The number of rotatable bonds is 2. The number of benzene rings is 2. The highest BCUT2D eigenvalue weighted by Crippen LogP contribution is 2.12. The Balaban J connectivity index is 2.15. The van der Waals surface area contributed by atoms with Crippen molar-refractivity contribution in [1.82, 2.24) is 0 Å². The summed E-state index contributed by atoms with van der Waals surface area (Å²) in [7, 11) is 0. The highest BCUT2D eigenvalue weighted by atomic mass is 14.5. The summed E-state index contributed by atoms with van der Waals surface area (Å²) in [5.41, 5.74) is 9.52. The van der Waals surface area contributed by atoms with E-state index >= 15 is 0 Å². The molecule has 0 aromatic heterocycles. The summed E-state index contributed by atoms with van der Waals surface area (Å²) in [6.45, 7) is 0. The average molecular weight is 208 g/mol. The van der Waals surface area contributed by atoms with Crippen LogP contribution in [0, 0.1) is 11.3 Å². The van der Waals surface area contributed by atoms with Gasteiger partial charge in [0.05, 0.1) is 11.6 Å². The summed E-state index contributed by atoms with van der Waals surface area (Å²) in [5, 5.41) is 8.68. The summed E-state index contributed by atoms with van der Waals surface area (Å²) < 4.78 is 0. The topological polar surface area (TPSA) is 49.8 Å². The van der Waals surface area contributed by atoms with E-state index in [2.05, 4.69) is 6.07 Å². The molecule has 2 aromatic rings. The molecule has 78 valence electrons. The number of nitrogens with two attached hydrogens (primary N) is 1. The van der Waals surface area contributed by atoms with Crippen LogP contribution in [0.5, 0.6) is 0 Å². The summed E-state index contributed by atoms with van der Waals surface area (Å²) >= 11 is 0. The van der Waals surface area contributed by atoms with Gasteiger partial charge in [-0.3, -0.25) is 0 Å². The Labute approximate surface area is 95.0 Å². The van der Waals surface area contributed by atoms with Crippen LogP contribution in [0.1, 0.15) is 16.7 Å². The van der Waals surface area contributed by atoms with Crippen molar-refractivity contribution in [2.75, 3.05) is 5.73 Å². The van der Waals surface area contributed by atoms with Crippen LogP contribution in [0.15, 0.2) is 48.5 Å². The molecule has 0 fully saturated rings. The minimum Gasteiger partial charge on any atom is -0.399 e. The lowest BCUT2D eigenvalue weighted by Crippen LogP contribution is -1.90. The van der Waals surface area contributed by atoms with E-state index < -0.39 is 0 Å². The molecule has 0 amide bonds. The standard InChI is InChI=1S/C14H12N2/c15-10-13-3-1-11(2-4-13)9-12-5-7-14(16)8-6-12/h1-8H,9,16H2. The smallest absolute Gasteiger partial charge is 0.0991 e. The van der Waals surface area contributed by atoms with E-state index in [4.69, 9.17) is 11.0 Å². The first kappa shape index (κ1) is 10.3. The van der Waals surface area contributed by atoms with E-state index in [0.29, 0.717) is 5.56 Å². The van der Waals surface area contributed by atoms with E-state index in [1.165, 1.54) is 11.1 Å². The molecule has 0 saturated carbocycles. The monoisotopic (exact) mass is 208 g/mol. The van der Waals surface area contributed by atoms with Crippen LogP contribution >= 0.6 is 0 Å². The molecule has 2 nitrogen and oxygen atoms in total. The third kappa shape index (κ3) is 2.40. The van der Waals surface area contributed by atoms with Crippen LogP contribution in [0.2, 0.25) is 0 Å². The zero-order valence-corrected chi connectivity index (χ0v) is 8.85. The van der Waals surface area contributed by atoms with Crippen molar-refractivity contribution in [1.29, 1.82) is 5.26 Å². The molecule has 2 aromatic carbocycles. The highest BCUT2D eigenvalue weighted by molar-refractivity contribution is 5.41. The molecule has 0 spiro atoms. The maximum Gasteiger partial charge on any atom is 0.0991 e. The Kier molecular flexibility index (Phi) is 2.88. The van der Waals surface area contributed by atoms with Gasteiger partial charge in [0.1, 0.15) is 0 Å². The van der Waals surface area contributed by atoms with Gasteiger partial charge >= 0.3 is 0 Å². The van der Waals surface area contributed by atoms with Crippen molar-refractivity contribution in [2.24, 2.45) is 0 Å². The molecule has 0 aliphatic carbocycles. The summed E-state index contributed by atoms with van der Waals surface area (Å²) in [6, 6.07) is 17.6. The Morgan fingerprint density at radius 1 is 0.875 bits per heavy atom. The predicted octanol–water partition coefficient (Wildman–Crippen LogP) is 2.73. The Morgan fingerprint density at radius 2 is 1.38 bits per heavy atom. The minimum absolute atomic E-state index is 0.695. The van der Waals surface area contributed by atoms with Gasteiger partial charge < -0.3 is 5.73 Å². The van der Waals surface area contributed by atoms with E-state index in [-0.39, 0.29) is 0 Å². The molecule has 2 N–H and O–H groups in total. The molecule has 2 rings (SSSR count). The molecular formula is C14H12N2. The van der Waals surface area contributed by atoms with Gasteiger partial charge in [0.2, 0.25) is 0 Å². The van der Waals surface area contributed by atoms with Crippen molar-refractivity contribution in [2.45, 2.75) is 6.42 Å². The second-order valence-electron chi connectivity index (χ2n) is 3.73. The van der Waals surface area contributed by atoms with Gasteiger partial charge in [-0.2, -0.15) is 5.26 Å². The zero-order valence-electron chi connectivity index (χ0n) is 8.85. The largest absolute Gasteiger partial charge is 0.399 e. The van der Waals surface area contributed by atoms with Gasteiger partial charge in [-0.1, -0.05) is 24.3 Å². The lowest BCUT2D eigenvalue weighted by atomic mass is 10.0. The predicted molar refractivity (Wildman–Crippen MR) is 64.8 cm³/mol. The molecule has 0 radical (unpaired) electrons. The molecule has 0 bridgehead atoms. The van der Waals surface area contributed by atoms with Crippen LogP contribution < -0.4 is 5.73 Å². The van der Waals surface area contributed by atoms with Gasteiger partial charge in [-0.05, 0) is 41.8 Å². The SMILES string of the molecule is N#Cc1ccc(Cc2ccc(N)cc2)cc1.